The van der Waals surface area contributed by atoms with E-state index >= 15 is 0 Å². The minimum atomic E-state index is -1.13. The van der Waals surface area contributed by atoms with Crippen LogP contribution in [0.2, 0.25) is 0 Å². The average Bonchev–Trinajstić information content (AvgIpc) is 2.03. The summed E-state index contributed by atoms with van der Waals surface area (Å²) in [5.74, 6) is -1.13. The lowest BCUT2D eigenvalue weighted by Crippen LogP contribution is -2.05. The van der Waals surface area contributed by atoms with Crippen LogP contribution in [-0.2, 0) is 0 Å². The van der Waals surface area contributed by atoms with E-state index in [9.17, 15) is 4.79 Å². The van der Waals surface area contributed by atoms with E-state index in [0.29, 0.717) is 5.56 Å². The van der Waals surface area contributed by atoms with Crippen LogP contribution in [0, 0.1) is 18.3 Å². The van der Waals surface area contributed by atoms with Crippen LogP contribution < -0.4 is 0 Å². The third-order valence-electron chi connectivity index (χ3n) is 1.30. The molecule has 1 aromatic heterocycles. The lowest BCUT2D eigenvalue weighted by molar-refractivity contribution is 0.0688. The number of nitriles is 1. The molecule has 0 aromatic carbocycles. The number of carboxylic acid groups (broad SMARTS) is 1. The Hall–Kier alpha value is -1.96. The maximum Gasteiger partial charge on any atom is 0.356 e. The van der Waals surface area contributed by atoms with Crippen molar-refractivity contribution in [3.05, 3.63) is 23.0 Å². The predicted octanol–water partition coefficient (Wildman–Crippen LogP) is 0.355. The number of aryl methyl sites for hydroxylation is 1. The highest BCUT2D eigenvalue weighted by Gasteiger charge is 2.09. The molecule has 0 aliphatic carbocycles. The van der Waals surface area contributed by atoms with Crippen LogP contribution in [0.25, 0.3) is 0 Å². The summed E-state index contributed by atoms with van der Waals surface area (Å²) in [4.78, 5) is 10.4. The van der Waals surface area contributed by atoms with Gasteiger partial charge in [0.15, 0.2) is 11.4 Å². The second-order valence-electron chi connectivity index (χ2n) is 2.18. The van der Waals surface area contributed by atoms with Gasteiger partial charge in [0.05, 0.1) is 0 Å². The molecule has 0 saturated heterocycles. The van der Waals surface area contributed by atoms with Gasteiger partial charge in [-0.2, -0.15) is 5.26 Å². The number of rotatable bonds is 1. The Labute approximate surface area is 68.3 Å². The van der Waals surface area contributed by atoms with Crippen molar-refractivity contribution in [1.82, 2.24) is 10.2 Å². The van der Waals surface area contributed by atoms with Crippen LogP contribution in [0.15, 0.2) is 6.07 Å². The van der Waals surface area contributed by atoms with Crippen LogP contribution in [0.4, 0.5) is 0 Å². The SMILES string of the molecule is Cc1cc(C#N)nnc1C(=O)O. The summed E-state index contributed by atoms with van der Waals surface area (Å²) in [6.07, 6.45) is 0. The third kappa shape index (κ3) is 1.37. The minimum absolute atomic E-state index is 0.117. The molecule has 0 unspecified atom stereocenters. The largest absolute Gasteiger partial charge is 0.476 e. The summed E-state index contributed by atoms with van der Waals surface area (Å²) >= 11 is 0. The van der Waals surface area contributed by atoms with Crippen molar-refractivity contribution < 1.29 is 9.90 Å². The van der Waals surface area contributed by atoms with E-state index in [2.05, 4.69) is 10.2 Å². The number of nitrogens with zero attached hydrogens (tertiary/aromatic N) is 3. The van der Waals surface area contributed by atoms with E-state index in [1.807, 2.05) is 0 Å². The maximum atomic E-state index is 10.4. The molecule has 0 bridgehead atoms. The van der Waals surface area contributed by atoms with Crippen molar-refractivity contribution in [1.29, 1.82) is 5.26 Å². The quantitative estimate of drug-likeness (QED) is 0.645. The maximum absolute atomic E-state index is 10.4. The van der Waals surface area contributed by atoms with Crippen molar-refractivity contribution >= 4 is 5.97 Å². The van der Waals surface area contributed by atoms with Gasteiger partial charge in [-0.25, -0.2) is 4.79 Å². The fraction of sp³-hybridized carbons (Fsp3) is 0.143. The molecule has 0 amide bonds. The first kappa shape index (κ1) is 8.14. The highest BCUT2D eigenvalue weighted by molar-refractivity contribution is 5.86. The first-order valence-corrected chi connectivity index (χ1v) is 3.13. The highest BCUT2D eigenvalue weighted by atomic mass is 16.4. The molecule has 5 heteroatoms. The molecular formula is C7H5N3O2. The summed E-state index contributed by atoms with van der Waals surface area (Å²) in [7, 11) is 0. The molecule has 0 aliphatic rings. The Morgan fingerprint density at radius 2 is 2.33 bits per heavy atom. The molecule has 60 valence electrons. The van der Waals surface area contributed by atoms with Crippen molar-refractivity contribution in [3.63, 3.8) is 0 Å². The molecular weight excluding hydrogens is 158 g/mol. The molecule has 12 heavy (non-hydrogen) atoms. The lowest BCUT2D eigenvalue weighted by Gasteiger charge is -1.96. The molecule has 5 nitrogen and oxygen atoms in total. The molecule has 1 rings (SSSR count). The molecule has 0 radical (unpaired) electrons. The molecule has 0 fully saturated rings. The Kier molecular flexibility index (Phi) is 2.01. The summed E-state index contributed by atoms with van der Waals surface area (Å²) in [5.41, 5.74) is 0.445. The number of aromatic carboxylic acids is 1. The Morgan fingerprint density at radius 3 is 2.75 bits per heavy atom. The normalized spacial score (nSPS) is 9.00. The summed E-state index contributed by atoms with van der Waals surface area (Å²) in [6.45, 7) is 1.57. The molecule has 0 saturated carbocycles. The zero-order valence-electron chi connectivity index (χ0n) is 6.27. The summed E-state index contributed by atoms with van der Waals surface area (Å²) in [5, 5.41) is 23.7. The average molecular weight is 163 g/mol. The number of carboxylic acids is 1. The number of hydrogen-bond donors (Lipinski definition) is 1. The van der Waals surface area contributed by atoms with Crippen LogP contribution >= 0.6 is 0 Å². The van der Waals surface area contributed by atoms with Gasteiger partial charge in [0.1, 0.15) is 6.07 Å². The topological polar surface area (TPSA) is 86.9 Å². The van der Waals surface area contributed by atoms with Crippen LogP contribution in [0.3, 0.4) is 0 Å². The first-order chi connectivity index (χ1) is 5.65. The zero-order chi connectivity index (χ0) is 9.14. The Balaban J connectivity index is 3.23. The Morgan fingerprint density at radius 1 is 1.67 bits per heavy atom. The smallest absolute Gasteiger partial charge is 0.356 e. The van der Waals surface area contributed by atoms with Crippen molar-refractivity contribution in [2.24, 2.45) is 0 Å². The number of aromatic nitrogens is 2. The fourth-order valence-corrected chi connectivity index (χ4v) is 0.751. The van der Waals surface area contributed by atoms with Crippen molar-refractivity contribution in [3.8, 4) is 6.07 Å². The number of hydrogen-bond acceptors (Lipinski definition) is 4. The first-order valence-electron chi connectivity index (χ1n) is 3.13. The molecule has 0 spiro atoms. The third-order valence-corrected chi connectivity index (χ3v) is 1.30. The van der Waals surface area contributed by atoms with E-state index in [4.69, 9.17) is 10.4 Å². The number of carbonyl (C=O) groups is 1. The van der Waals surface area contributed by atoms with E-state index in [-0.39, 0.29) is 11.4 Å². The Bertz CT molecular complexity index is 367. The highest BCUT2D eigenvalue weighted by Crippen LogP contribution is 2.03. The summed E-state index contributed by atoms with van der Waals surface area (Å²) in [6, 6.07) is 3.15. The molecule has 0 aliphatic heterocycles. The standard InChI is InChI=1S/C7H5N3O2/c1-4-2-5(3-8)9-10-6(4)7(11)12/h2H,1H3,(H,11,12). The fourth-order valence-electron chi connectivity index (χ4n) is 0.751. The molecule has 0 atom stereocenters. The van der Waals surface area contributed by atoms with E-state index in [1.54, 1.807) is 13.0 Å². The second kappa shape index (κ2) is 2.96. The van der Waals surface area contributed by atoms with Crippen LogP contribution in [-0.4, -0.2) is 21.3 Å². The minimum Gasteiger partial charge on any atom is -0.476 e. The van der Waals surface area contributed by atoms with Gasteiger partial charge in [0.2, 0.25) is 0 Å². The predicted molar refractivity (Wildman–Crippen MR) is 38.4 cm³/mol. The van der Waals surface area contributed by atoms with Crippen LogP contribution in [0.1, 0.15) is 21.7 Å². The lowest BCUT2D eigenvalue weighted by atomic mass is 10.2. The monoisotopic (exact) mass is 163 g/mol. The zero-order valence-corrected chi connectivity index (χ0v) is 6.27. The van der Waals surface area contributed by atoms with E-state index in [0.717, 1.165) is 0 Å². The van der Waals surface area contributed by atoms with Crippen molar-refractivity contribution in [2.75, 3.05) is 0 Å². The molecule has 1 aromatic rings. The van der Waals surface area contributed by atoms with Gasteiger partial charge >= 0.3 is 5.97 Å². The van der Waals surface area contributed by atoms with Gasteiger partial charge in [-0.15, -0.1) is 10.2 Å². The van der Waals surface area contributed by atoms with Crippen molar-refractivity contribution in [2.45, 2.75) is 6.92 Å². The van der Waals surface area contributed by atoms with Gasteiger partial charge in [-0.1, -0.05) is 0 Å². The van der Waals surface area contributed by atoms with Gasteiger partial charge in [0, 0.05) is 0 Å². The van der Waals surface area contributed by atoms with E-state index in [1.165, 1.54) is 6.07 Å². The molecule has 1 N–H and O–H groups in total. The van der Waals surface area contributed by atoms with Gasteiger partial charge in [-0.05, 0) is 18.6 Å². The van der Waals surface area contributed by atoms with Gasteiger partial charge in [0.25, 0.3) is 0 Å². The van der Waals surface area contributed by atoms with Crippen LogP contribution in [0.5, 0.6) is 0 Å². The summed E-state index contributed by atoms with van der Waals surface area (Å²) < 4.78 is 0. The molecule has 1 heterocycles. The van der Waals surface area contributed by atoms with Gasteiger partial charge < -0.3 is 5.11 Å². The van der Waals surface area contributed by atoms with E-state index < -0.39 is 5.97 Å². The van der Waals surface area contributed by atoms with Gasteiger partial charge in [-0.3, -0.25) is 0 Å². The second-order valence-corrected chi connectivity index (χ2v) is 2.18.